The van der Waals surface area contributed by atoms with E-state index in [1.54, 1.807) is 24.3 Å². The van der Waals surface area contributed by atoms with Crippen LogP contribution < -0.4 is 15.7 Å². The van der Waals surface area contributed by atoms with Gasteiger partial charge in [-0.2, -0.15) is 17.9 Å². The number of hydrogen-bond donors (Lipinski definition) is 1. The molecule has 0 aliphatic rings. The minimum atomic E-state index is -4.65. The summed E-state index contributed by atoms with van der Waals surface area (Å²) < 4.78 is 40.1. The number of pyridine rings is 1. The van der Waals surface area contributed by atoms with Crippen molar-refractivity contribution < 1.29 is 22.8 Å². The fraction of sp³-hybridized carbons (Fsp3) is 0.100. The molecule has 0 radical (unpaired) electrons. The SMILES string of the molecule is O=C(Nc1ccccc1C(F)(F)F)c1cccn(OCc2cccc(Cl)c2)c1=O. The van der Waals surface area contributed by atoms with Crippen molar-refractivity contribution >= 4 is 23.2 Å². The number of nitrogens with zero attached hydrogens (tertiary/aromatic N) is 1. The predicted octanol–water partition coefficient (Wildman–Crippen LogP) is 4.40. The minimum Gasteiger partial charge on any atom is -0.406 e. The van der Waals surface area contributed by atoms with Gasteiger partial charge < -0.3 is 10.2 Å². The van der Waals surface area contributed by atoms with Gasteiger partial charge in [0.2, 0.25) is 0 Å². The van der Waals surface area contributed by atoms with Gasteiger partial charge in [0, 0.05) is 11.2 Å². The van der Waals surface area contributed by atoms with Crippen molar-refractivity contribution in [2.24, 2.45) is 0 Å². The van der Waals surface area contributed by atoms with Gasteiger partial charge in [-0.3, -0.25) is 9.59 Å². The number of hydrogen-bond acceptors (Lipinski definition) is 3. The van der Waals surface area contributed by atoms with Crippen LogP contribution in [0.2, 0.25) is 5.02 Å². The van der Waals surface area contributed by atoms with E-state index < -0.39 is 28.9 Å². The van der Waals surface area contributed by atoms with Crippen molar-refractivity contribution in [3.8, 4) is 0 Å². The second-order valence-electron chi connectivity index (χ2n) is 5.95. The fourth-order valence-electron chi connectivity index (χ4n) is 2.55. The first-order chi connectivity index (χ1) is 13.8. The van der Waals surface area contributed by atoms with Gasteiger partial charge in [-0.15, -0.1) is 0 Å². The topological polar surface area (TPSA) is 60.3 Å². The first-order valence-corrected chi connectivity index (χ1v) is 8.70. The number of alkyl halides is 3. The zero-order valence-corrected chi connectivity index (χ0v) is 15.5. The number of halogens is 4. The molecule has 5 nitrogen and oxygen atoms in total. The highest BCUT2D eigenvalue weighted by atomic mass is 35.5. The standard InChI is InChI=1S/C20H14ClF3N2O3/c21-14-6-3-5-13(11-14)12-29-26-10-4-7-15(19(26)28)18(27)25-17-9-2-1-8-16(17)20(22,23)24/h1-11H,12H2,(H,25,27). The molecule has 3 rings (SSSR count). The van der Waals surface area contributed by atoms with E-state index in [2.05, 4.69) is 5.32 Å². The normalized spacial score (nSPS) is 11.2. The molecule has 0 spiro atoms. The smallest absolute Gasteiger partial charge is 0.406 e. The molecule has 9 heteroatoms. The highest BCUT2D eigenvalue weighted by molar-refractivity contribution is 6.30. The number of anilines is 1. The molecular weight excluding hydrogens is 409 g/mol. The van der Waals surface area contributed by atoms with E-state index in [0.29, 0.717) is 10.6 Å². The van der Waals surface area contributed by atoms with Gasteiger partial charge in [0.1, 0.15) is 12.2 Å². The average molecular weight is 423 g/mol. The number of carbonyl (C=O) groups excluding carboxylic acids is 1. The van der Waals surface area contributed by atoms with E-state index in [1.165, 1.54) is 30.5 Å². The molecule has 0 aliphatic heterocycles. The van der Waals surface area contributed by atoms with Crippen LogP contribution in [-0.4, -0.2) is 10.6 Å². The Bertz CT molecular complexity index is 1100. The second-order valence-corrected chi connectivity index (χ2v) is 6.39. The molecule has 0 unspecified atom stereocenters. The zero-order valence-electron chi connectivity index (χ0n) is 14.7. The maximum atomic E-state index is 13.1. The number of carbonyl (C=O) groups is 1. The molecule has 1 heterocycles. The number of amides is 1. The number of aromatic nitrogens is 1. The van der Waals surface area contributed by atoms with Gasteiger partial charge >= 0.3 is 6.18 Å². The fourth-order valence-corrected chi connectivity index (χ4v) is 2.76. The molecule has 0 bridgehead atoms. The molecule has 150 valence electrons. The van der Waals surface area contributed by atoms with E-state index in [9.17, 15) is 22.8 Å². The molecule has 3 aromatic rings. The van der Waals surface area contributed by atoms with Crippen LogP contribution in [0.15, 0.2) is 71.7 Å². The maximum absolute atomic E-state index is 13.1. The molecule has 29 heavy (non-hydrogen) atoms. The van der Waals surface area contributed by atoms with Gasteiger partial charge in [-0.05, 0) is 42.0 Å². The third-order valence-corrected chi connectivity index (χ3v) is 4.13. The Kier molecular flexibility index (Phi) is 5.93. The maximum Gasteiger partial charge on any atom is 0.418 e. The Balaban J connectivity index is 1.81. The lowest BCUT2D eigenvalue weighted by Gasteiger charge is -2.14. The van der Waals surface area contributed by atoms with E-state index in [0.717, 1.165) is 16.9 Å². The largest absolute Gasteiger partial charge is 0.418 e. The zero-order chi connectivity index (χ0) is 21.0. The lowest BCUT2D eigenvalue weighted by molar-refractivity contribution is -0.136. The molecule has 2 aromatic carbocycles. The molecular formula is C20H14ClF3N2O3. The van der Waals surface area contributed by atoms with Crippen LogP contribution in [-0.2, 0) is 12.8 Å². The van der Waals surface area contributed by atoms with Crippen LogP contribution in [0.25, 0.3) is 0 Å². The molecule has 1 aromatic heterocycles. The van der Waals surface area contributed by atoms with Crippen LogP contribution in [0.1, 0.15) is 21.5 Å². The van der Waals surface area contributed by atoms with Crippen LogP contribution in [0.4, 0.5) is 18.9 Å². The Labute approximate surface area is 168 Å². The number of para-hydroxylation sites is 1. The number of rotatable bonds is 5. The van der Waals surface area contributed by atoms with Crippen molar-refractivity contribution in [1.82, 2.24) is 4.73 Å². The summed E-state index contributed by atoms with van der Waals surface area (Å²) in [5.74, 6) is -0.979. The van der Waals surface area contributed by atoms with E-state index in [-0.39, 0.29) is 12.2 Å². The third-order valence-electron chi connectivity index (χ3n) is 3.90. The van der Waals surface area contributed by atoms with Gasteiger partial charge in [0.15, 0.2) is 0 Å². The summed E-state index contributed by atoms with van der Waals surface area (Å²) in [4.78, 5) is 30.3. The molecule has 0 saturated heterocycles. The average Bonchev–Trinajstić information content (AvgIpc) is 2.67. The van der Waals surface area contributed by atoms with Gasteiger partial charge in [-0.1, -0.05) is 35.9 Å². The molecule has 0 saturated carbocycles. The summed E-state index contributed by atoms with van der Waals surface area (Å²) in [6.45, 7) is 0.00243. The Morgan fingerprint density at radius 2 is 1.83 bits per heavy atom. The first kappa shape index (κ1) is 20.5. The Morgan fingerprint density at radius 3 is 2.55 bits per heavy atom. The summed E-state index contributed by atoms with van der Waals surface area (Å²) in [5, 5.41) is 2.63. The van der Waals surface area contributed by atoms with Crippen LogP contribution in [0, 0.1) is 0 Å². The Morgan fingerprint density at radius 1 is 1.07 bits per heavy atom. The summed E-state index contributed by atoms with van der Waals surface area (Å²) >= 11 is 5.89. The lowest BCUT2D eigenvalue weighted by atomic mass is 10.1. The minimum absolute atomic E-state index is 0.00243. The highest BCUT2D eigenvalue weighted by Gasteiger charge is 2.33. The Hall–Kier alpha value is -3.26. The van der Waals surface area contributed by atoms with E-state index in [4.69, 9.17) is 16.4 Å². The van der Waals surface area contributed by atoms with Gasteiger partial charge in [0.05, 0.1) is 11.3 Å². The van der Waals surface area contributed by atoms with E-state index >= 15 is 0 Å². The van der Waals surface area contributed by atoms with Crippen LogP contribution >= 0.6 is 11.6 Å². The monoisotopic (exact) mass is 422 g/mol. The van der Waals surface area contributed by atoms with E-state index in [1.807, 2.05) is 0 Å². The predicted molar refractivity (Wildman–Crippen MR) is 102 cm³/mol. The number of benzene rings is 2. The summed E-state index contributed by atoms with van der Waals surface area (Å²) in [6.07, 6.45) is -3.35. The summed E-state index contributed by atoms with van der Waals surface area (Å²) in [6, 6.07) is 13.9. The quantitative estimate of drug-likeness (QED) is 0.663. The second kappa shape index (κ2) is 8.40. The highest BCUT2D eigenvalue weighted by Crippen LogP contribution is 2.34. The summed E-state index contributed by atoms with van der Waals surface area (Å²) in [5.41, 5.74) is -1.94. The van der Waals surface area contributed by atoms with Crippen molar-refractivity contribution in [3.05, 3.63) is 98.9 Å². The molecule has 1 N–H and O–H groups in total. The van der Waals surface area contributed by atoms with Gasteiger partial charge in [-0.25, -0.2) is 0 Å². The lowest BCUT2D eigenvalue weighted by Crippen LogP contribution is -2.32. The van der Waals surface area contributed by atoms with Crippen molar-refractivity contribution in [3.63, 3.8) is 0 Å². The first-order valence-electron chi connectivity index (χ1n) is 8.32. The van der Waals surface area contributed by atoms with Crippen molar-refractivity contribution in [1.29, 1.82) is 0 Å². The molecule has 0 atom stereocenters. The van der Waals surface area contributed by atoms with Crippen molar-refractivity contribution in [2.45, 2.75) is 12.8 Å². The number of nitrogens with one attached hydrogen (secondary N) is 1. The third kappa shape index (κ3) is 4.97. The van der Waals surface area contributed by atoms with Gasteiger partial charge in [0.25, 0.3) is 11.5 Å². The molecule has 0 aliphatic carbocycles. The molecule has 0 fully saturated rings. The summed E-state index contributed by atoms with van der Waals surface area (Å²) in [7, 11) is 0. The molecule has 1 amide bonds. The van der Waals surface area contributed by atoms with Crippen LogP contribution in [0.3, 0.4) is 0 Å². The van der Waals surface area contributed by atoms with Crippen molar-refractivity contribution in [2.75, 3.05) is 5.32 Å². The van der Waals surface area contributed by atoms with Crippen LogP contribution in [0.5, 0.6) is 0 Å².